The first kappa shape index (κ1) is 10.3. The van der Waals surface area contributed by atoms with Crippen LogP contribution >= 0.6 is 11.8 Å². The Labute approximate surface area is 82.9 Å². The number of hydrogen-bond acceptors (Lipinski definition) is 3. The highest BCUT2D eigenvalue weighted by atomic mass is 32.2. The second-order valence-electron chi connectivity index (χ2n) is 3.01. The lowest BCUT2D eigenvalue weighted by Gasteiger charge is -2.07. The van der Waals surface area contributed by atoms with Gasteiger partial charge in [-0.15, -0.1) is 0 Å². The van der Waals surface area contributed by atoms with E-state index < -0.39 is 0 Å². The fourth-order valence-electron chi connectivity index (χ4n) is 0.845. The Morgan fingerprint density at radius 1 is 1.31 bits per heavy atom. The minimum Gasteiger partial charge on any atom is -0.300 e. The van der Waals surface area contributed by atoms with Crippen LogP contribution in [0.2, 0.25) is 0 Å². The zero-order chi connectivity index (χ0) is 9.68. The minimum absolute atomic E-state index is 0.134. The van der Waals surface area contributed by atoms with Gasteiger partial charge in [-0.1, -0.05) is 42.1 Å². The highest BCUT2D eigenvalue weighted by Gasteiger charge is 2.04. The molecule has 0 amide bonds. The average Bonchev–Trinajstić information content (AvgIpc) is 2.15. The van der Waals surface area contributed by atoms with Gasteiger partial charge in [0.15, 0.2) is 0 Å². The molecule has 0 radical (unpaired) electrons. The normalized spacial score (nSPS) is 10.4. The summed E-state index contributed by atoms with van der Waals surface area (Å²) >= 11 is 1.32. The number of thioether (sulfide) groups is 1. The molecule has 2 nitrogen and oxygen atoms in total. The van der Waals surface area contributed by atoms with Gasteiger partial charge in [-0.05, 0) is 14.1 Å². The molecule has 0 atom stereocenters. The molecule has 0 aliphatic heterocycles. The van der Waals surface area contributed by atoms with Crippen LogP contribution in [0.4, 0.5) is 0 Å². The first-order valence-corrected chi connectivity index (χ1v) is 5.05. The van der Waals surface area contributed by atoms with Crippen molar-refractivity contribution < 1.29 is 4.79 Å². The molecule has 0 saturated carbocycles. The van der Waals surface area contributed by atoms with Crippen LogP contribution in [0, 0.1) is 0 Å². The van der Waals surface area contributed by atoms with Crippen LogP contribution in [0.15, 0.2) is 30.3 Å². The van der Waals surface area contributed by atoms with Crippen LogP contribution in [0.1, 0.15) is 10.4 Å². The molecular formula is C10H13NOS. The van der Waals surface area contributed by atoms with Crippen LogP contribution in [0.3, 0.4) is 0 Å². The van der Waals surface area contributed by atoms with Crippen LogP contribution < -0.4 is 0 Å². The molecule has 0 aromatic heterocycles. The van der Waals surface area contributed by atoms with Gasteiger partial charge in [0, 0.05) is 5.56 Å². The first-order chi connectivity index (χ1) is 6.20. The molecule has 3 heteroatoms. The Morgan fingerprint density at radius 3 is 2.46 bits per heavy atom. The highest BCUT2D eigenvalue weighted by molar-refractivity contribution is 8.14. The Balaban J connectivity index is 2.50. The largest absolute Gasteiger partial charge is 0.300 e. The number of hydrogen-bond donors (Lipinski definition) is 0. The second kappa shape index (κ2) is 5.04. The van der Waals surface area contributed by atoms with E-state index in [0.717, 1.165) is 11.4 Å². The molecular weight excluding hydrogens is 182 g/mol. The van der Waals surface area contributed by atoms with E-state index in [9.17, 15) is 4.79 Å². The van der Waals surface area contributed by atoms with Gasteiger partial charge in [0.1, 0.15) is 0 Å². The summed E-state index contributed by atoms with van der Waals surface area (Å²) in [6.07, 6.45) is 0. The van der Waals surface area contributed by atoms with E-state index in [0.29, 0.717) is 0 Å². The maximum absolute atomic E-state index is 11.5. The third kappa shape index (κ3) is 3.61. The summed E-state index contributed by atoms with van der Waals surface area (Å²) in [6.45, 7) is 0. The van der Waals surface area contributed by atoms with Gasteiger partial charge in [-0.3, -0.25) is 9.69 Å². The predicted molar refractivity (Wildman–Crippen MR) is 56.9 cm³/mol. The monoisotopic (exact) mass is 195 g/mol. The Kier molecular flexibility index (Phi) is 3.99. The van der Waals surface area contributed by atoms with E-state index in [2.05, 4.69) is 0 Å². The van der Waals surface area contributed by atoms with Crippen molar-refractivity contribution in [2.45, 2.75) is 0 Å². The SMILES string of the molecule is CN(C)CSC(=O)c1ccccc1. The molecule has 0 spiro atoms. The summed E-state index contributed by atoms with van der Waals surface area (Å²) < 4.78 is 0. The van der Waals surface area contributed by atoms with Crippen LogP contribution in [0.5, 0.6) is 0 Å². The molecule has 13 heavy (non-hydrogen) atoms. The quantitative estimate of drug-likeness (QED) is 0.689. The predicted octanol–water partition coefficient (Wildman–Crippen LogP) is 2.08. The zero-order valence-electron chi connectivity index (χ0n) is 7.86. The van der Waals surface area contributed by atoms with Gasteiger partial charge in [-0.25, -0.2) is 0 Å². The Morgan fingerprint density at radius 2 is 1.92 bits per heavy atom. The van der Waals surface area contributed by atoms with E-state index in [4.69, 9.17) is 0 Å². The number of benzene rings is 1. The first-order valence-electron chi connectivity index (χ1n) is 4.07. The lowest BCUT2D eigenvalue weighted by molar-refractivity contribution is 0.108. The van der Waals surface area contributed by atoms with Crippen LogP contribution in [-0.2, 0) is 0 Å². The molecule has 1 aromatic carbocycles. The van der Waals surface area contributed by atoms with Gasteiger partial charge in [0.25, 0.3) is 0 Å². The summed E-state index contributed by atoms with van der Waals surface area (Å²) in [6, 6.07) is 9.34. The summed E-state index contributed by atoms with van der Waals surface area (Å²) in [5.74, 6) is 0.730. The van der Waals surface area contributed by atoms with Gasteiger partial charge < -0.3 is 0 Å². The topological polar surface area (TPSA) is 20.3 Å². The van der Waals surface area contributed by atoms with Crippen molar-refractivity contribution in [2.75, 3.05) is 20.0 Å². The van der Waals surface area contributed by atoms with Crippen LogP contribution in [0.25, 0.3) is 0 Å². The van der Waals surface area contributed by atoms with Crippen molar-refractivity contribution in [2.24, 2.45) is 0 Å². The highest BCUT2D eigenvalue weighted by Crippen LogP contribution is 2.11. The van der Waals surface area contributed by atoms with Crippen molar-refractivity contribution in [1.29, 1.82) is 0 Å². The number of nitrogens with zero attached hydrogens (tertiary/aromatic N) is 1. The minimum atomic E-state index is 0.134. The van der Waals surface area contributed by atoms with Crippen LogP contribution in [-0.4, -0.2) is 30.0 Å². The van der Waals surface area contributed by atoms with Gasteiger partial charge in [0.05, 0.1) is 5.88 Å². The zero-order valence-corrected chi connectivity index (χ0v) is 8.67. The summed E-state index contributed by atoms with van der Waals surface area (Å²) in [7, 11) is 3.90. The molecule has 0 saturated heterocycles. The van der Waals surface area contributed by atoms with Crippen molar-refractivity contribution in [1.82, 2.24) is 4.90 Å². The lowest BCUT2D eigenvalue weighted by atomic mass is 10.2. The summed E-state index contributed by atoms with van der Waals surface area (Å²) in [4.78, 5) is 13.5. The molecule has 70 valence electrons. The molecule has 1 aromatic rings. The molecule has 0 fully saturated rings. The molecule has 0 aliphatic rings. The van der Waals surface area contributed by atoms with Gasteiger partial charge in [-0.2, -0.15) is 0 Å². The Hall–Kier alpha value is -0.800. The Bertz CT molecular complexity index is 272. The lowest BCUT2D eigenvalue weighted by Crippen LogP contribution is -2.11. The van der Waals surface area contributed by atoms with Gasteiger partial charge in [0.2, 0.25) is 5.12 Å². The molecule has 0 unspecified atom stereocenters. The number of carbonyl (C=O) groups is 1. The van der Waals surface area contributed by atoms with E-state index in [1.54, 1.807) is 0 Å². The smallest absolute Gasteiger partial charge is 0.220 e. The summed E-state index contributed by atoms with van der Waals surface area (Å²) in [5.41, 5.74) is 0.773. The standard InChI is InChI=1S/C10H13NOS/c1-11(2)8-13-10(12)9-6-4-3-5-7-9/h3-7H,8H2,1-2H3. The fourth-order valence-corrected chi connectivity index (χ4v) is 1.52. The molecule has 0 aliphatic carbocycles. The molecule has 0 bridgehead atoms. The maximum Gasteiger partial charge on any atom is 0.220 e. The van der Waals surface area contributed by atoms with E-state index in [-0.39, 0.29) is 5.12 Å². The third-order valence-corrected chi connectivity index (χ3v) is 2.61. The maximum atomic E-state index is 11.5. The molecule has 0 N–H and O–H groups in total. The fraction of sp³-hybridized carbons (Fsp3) is 0.300. The second-order valence-corrected chi connectivity index (χ2v) is 3.92. The molecule has 1 rings (SSSR count). The van der Waals surface area contributed by atoms with E-state index in [1.807, 2.05) is 49.3 Å². The van der Waals surface area contributed by atoms with E-state index in [1.165, 1.54) is 11.8 Å². The average molecular weight is 195 g/mol. The number of carbonyl (C=O) groups excluding carboxylic acids is 1. The summed E-state index contributed by atoms with van der Waals surface area (Å²) in [5, 5.41) is 0.134. The van der Waals surface area contributed by atoms with Crippen molar-refractivity contribution in [3.8, 4) is 0 Å². The van der Waals surface area contributed by atoms with Crippen molar-refractivity contribution in [3.63, 3.8) is 0 Å². The third-order valence-electron chi connectivity index (χ3n) is 1.46. The van der Waals surface area contributed by atoms with Crippen molar-refractivity contribution in [3.05, 3.63) is 35.9 Å². The van der Waals surface area contributed by atoms with Crippen molar-refractivity contribution >= 4 is 16.9 Å². The van der Waals surface area contributed by atoms with Gasteiger partial charge >= 0.3 is 0 Å². The van der Waals surface area contributed by atoms with E-state index >= 15 is 0 Å². The molecule has 0 heterocycles. The number of rotatable bonds is 3.